The molecular weight excluding hydrogens is 376 g/mol. The maximum atomic E-state index is 12.7. The van der Waals surface area contributed by atoms with Crippen molar-refractivity contribution in [2.45, 2.75) is 33.6 Å². The van der Waals surface area contributed by atoms with Gasteiger partial charge in [-0.1, -0.05) is 32.0 Å². The van der Waals surface area contributed by atoms with Crippen LogP contribution in [0.1, 0.15) is 32.8 Å². The van der Waals surface area contributed by atoms with Crippen LogP contribution in [0, 0.1) is 5.92 Å². The topological polar surface area (TPSA) is 83.0 Å². The number of aliphatic imine (C=N–C) groups is 1. The Morgan fingerprint density at radius 2 is 2.07 bits per heavy atom. The van der Waals surface area contributed by atoms with Crippen LogP contribution in [0.25, 0.3) is 0 Å². The van der Waals surface area contributed by atoms with Crippen molar-refractivity contribution in [3.63, 3.8) is 0 Å². The number of hydrogen-bond donors (Lipinski definition) is 2. The number of para-hydroxylation sites is 1. The van der Waals surface area contributed by atoms with E-state index in [9.17, 15) is 8.42 Å². The zero-order valence-corrected chi connectivity index (χ0v) is 18.1. The highest BCUT2D eigenvalue weighted by Crippen LogP contribution is 2.29. The highest BCUT2D eigenvalue weighted by atomic mass is 32.2. The minimum Gasteiger partial charge on any atom is -0.381 e. The van der Waals surface area contributed by atoms with Gasteiger partial charge in [0, 0.05) is 39.4 Å². The molecule has 158 valence electrons. The first kappa shape index (κ1) is 22.5. The normalized spacial score (nSPS) is 14.4. The Kier molecular flexibility index (Phi) is 9.05. The predicted molar refractivity (Wildman–Crippen MR) is 116 cm³/mol. The molecule has 0 saturated carbocycles. The molecule has 2 rings (SSSR count). The van der Waals surface area contributed by atoms with Crippen LogP contribution in [-0.2, 0) is 21.2 Å². The Hall–Kier alpha value is -1.80. The molecule has 1 aliphatic rings. The smallest absolute Gasteiger partial charge is 0.236 e. The molecule has 0 saturated heterocycles. The molecule has 0 aliphatic carbocycles. The molecule has 1 aliphatic heterocycles. The van der Waals surface area contributed by atoms with Crippen LogP contribution in [-0.4, -0.2) is 59.5 Å². The van der Waals surface area contributed by atoms with Gasteiger partial charge in [0.15, 0.2) is 5.96 Å². The van der Waals surface area contributed by atoms with Crippen molar-refractivity contribution < 1.29 is 13.2 Å². The number of benzene rings is 1. The van der Waals surface area contributed by atoms with Crippen molar-refractivity contribution in [2.24, 2.45) is 10.9 Å². The van der Waals surface area contributed by atoms with Crippen LogP contribution in [0.15, 0.2) is 29.3 Å². The Bertz CT molecular complexity index is 735. The van der Waals surface area contributed by atoms with Crippen molar-refractivity contribution in [1.29, 1.82) is 0 Å². The van der Waals surface area contributed by atoms with Gasteiger partial charge >= 0.3 is 0 Å². The predicted octanol–water partition coefficient (Wildman–Crippen LogP) is 2.00. The third-order valence-corrected chi connectivity index (χ3v) is 6.12. The Morgan fingerprint density at radius 1 is 1.29 bits per heavy atom. The second kappa shape index (κ2) is 11.3. The van der Waals surface area contributed by atoms with E-state index < -0.39 is 10.0 Å². The first-order valence-electron chi connectivity index (χ1n) is 10.1. The average molecular weight is 411 g/mol. The number of guanidine groups is 1. The summed E-state index contributed by atoms with van der Waals surface area (Å²) in [4.78, 5) is 4.49. The first-order valence-corrected chi connectivity index (χ1v) is 11.7. The lowest BCUT2D eigenvalue weighted by Crippen LogP contribution is -2.42. The molecule has 0 atom stereocenters. The van der Waals surface area contributed by atoms with Crippen LogP contribution < -0.4 is 14.9 Å². The fraction of sp³-hybridized carbons (Fsp3) is 0.650. The quantitative estimate of drug-likeness (QED) is 0.331. The molecule has 1 aromatic rings. The molecule has 0 bridgehead atoms. The number of hydrogen-bond acceptors (Lipinski definition) is 4. The SMILES string of the molecule is CCNC(=NCCCOCC(C)C)NCCS(=O)(=O)N1CCc2ccccc21. The van der Waals surface area contributed by atoms with Gasteiger partial charge in [0.05, 0.1) is 11.4 Å². The van der Waals surface area contributed by atoms with E-state index in [4.69, 9.17) is 4.74 Å². The second-order valence-electron chi connectivity index (χ2n) is 7.28. The minimum absolute atomic E-state index is 0.0310. The van der Waals surface area contributed by atoms with Gasteiger partial charge < -0.3 is 15.4 Å². The van der Waals surface area contributed by atoms with E-state index in [1.54, 1.807) is 0 Å². The summed E-state index contributed by atoms with van der Waals surface area (Å²) in [6.45, 7) is 9.88. The van der Waals surface area contributed by atoms with E-state index in [2.05, 4.69) is 29.5 Å². The van der Waals surface area contributed by atoms with Gasteiger partial charge in [-0.3, -0.25) is 9.30 Å². The minimum atomic E-state index is -3.36. The van der Waals surface area contributed by atoms with Gasteiger partial charge in [0.25, 0.3) is 0 Å². The van der Waals surface area contributed by atoms with Crippen molar-refractivity contribution in [3.05, 3.63) is 29.8 Å². The molecule has 0 radical (unpaired) electrons. The zero-order chi connectivity index (χ0) is 20.4. The summed E-state index contributed by atoms with van der Waals surface area (Å²) >= 11 is 0. The number of nitrogens with zero attached hydrogens (tertiary/aromatic N) is 2. The van der Waals surface area contributed by atoms with Crippen molar-refractivity contribution >= 4 is 21.7 Å². The van der Waals surface area contributed by atoms with E-state index in [1.807, 2.05) is 31.2 Å². The summed E-state index contributed by atoms with van der Waals surface area (Å²) in [6.07, 6.45) is 1.61. The van der Waals surface area contributed by atoms with Crippen molar-refractivity contribution in [1.82, 2.24) is 10.6 Å². The Balaban J connectivity index is 1.79. The van der Waals surface area contributed by atoms with E-state index in [1.165, 1.54) is 4.31 Å². The molecule has 0 unspecified atom stereocenters. The second-order valence-corrected chi connectivity index (χ2v) is 9.29. The van der Waals surface area contributed by atoms with Gasteiger partial charge in [-0.25, -0.2) is 8.42 Å². The lowest BCUT2D eigenvalue weighted by atomic mass is 10.2. The summed E-state index contributed by atoms with van der Waals surface area (Å²) in [5, 5.41) is 6.28. The number of rotatable bonds is 11. The number of ether oxygens (including phenoxy) is 1. The lowest BCUT2D eigenvalue weighted by Gasteiger charge is -2.20. The van der Waals surface area contributed by atoms with Crippen molar-refractivity contribution in [3.8, 4) is 0 Å². The monoisotopic (exact) mass is 410 g/mol. The molecule has 0 amide bonds. The fourth-order valence-electron chi connectivity index (χ4n) is 3.02. The van der Waals surface area contributed by atoms with Crippen LogP contribution in [0.5, 0.6) is 0 Å². The van der Waals surface area contributed by atoms with Crippen molar-refractivity contribution in [2.75, 3.05) is 49.5 Å². The van der Waals surface area contributed by atoms with E-state index in [0.717, 1.165) is 37.2 Å². The lowest BCUT2D eigenvalue weighted by molar-refractivity contribution is 0.109. The van der Waals surface area contributed by atoms with E-state index in [0.29, 0.717) is 38.1 Å². The first-order chi connectivity index (χ1) is 13.4. The Labute approximate surface area is 169 Å². The van der Waals surface area contributed by atoms with Gasteiger partial charge in [0.1, 0.15) is 0 Å². The van der Waals surface area contributed by atoms with Gasteiger partial charge in [0.2, 0.25) is 10.0 Å². The standard InChI is InChI=1S/C20H34N4O3S/c1-4-21-20(22-11-7-14-27-16-17(2)3)23-12-15-28(25,26)24-13-10-18-8-5-6-9-19(18)24/h5-6,8-9,17H,4,7,10-16H2,1-3H3,(H2,21,22,23). The Morgan fingerprint density at radius 3 is 2.82 bits per heavy atom. The van der Waals surface area contributed by atoms with Gasteiger partial charge in [-0.2, -0.15) is 0 Å². The molecular formula is C20H34N4O3S. The molecule has 1 heterocycles. The largest absolute Gasteiger partial charge is 0.381 e. The summed E-state index contributed by atoms with van der Waals surface area (Å²) in [7, 11) is -3.36. The third-order valence-electron chi connectivity index (χ3n) is 4.34. The molecule has 1 aromatic carbocycles. The maximum absolute atomic E-state index is 12.7. The maximum Gasteiger partial charge on any atom is 0.236 e. The molecule has 8 heteroatoms. The number of nitrogens with one attached hydrogen (secondary N) is 2. The van der Waals surface area contributed by atoms with Gasteiger partial charge in [-0.15, -0.1) is 0 Å². The van der Waals surface area contributed by atoms with Gasteiger partial charge in [-0.05, 0) is 37.3 Å². The number of fused-ring (bicyclic) bond motifs is 1. The highest BCUT2D eigenvalue weighted by molar-refractivity contribution is 7.92. The summed E-state index contributed by atoms with van der Waals surface area (Å²) in [5.41, 5.74) is 1.90. The zero-order valence-electron chi connectivity index (χ0n) is 17.3. The third kappa shape index (κ3) is 6.98. The van der Waals surface area contributed by atoms with Crippen LogP contribution in [0.2, 0.25) is 0 Å². The van der Waals surface area contributed by atoms with Crippen LogP contribution in [0.4, 0.5) is 5.69 Å². The van der Waals surface area contributed by atoms with E-state index in [-0.39, 0.29) is 5.75 Å². The molecule has 0 spiro atoms. The summed E-state index contributed by atoms with van der Waals surface area (Å²) in [5.74, 6) is 1.21. The molecule has 0 fully saturated rings. The molecule has 2 N–H and O–H groups in total. The average Bonchev–Trinajstić information content (AvgIpc) is 3.09. The highest BCUT2D eigenvalue weighted by Gasteiger charge is 2.28. The molecule has 28 heavy (non-hydrogen) atoms. The molecule has 7 nitrogen and oxygen atoms in total. The fourth-order valence-corrected chi connectivity index (χ4v) is 4.45. The molecule has 0 aromatic heterocycles. The number of sulfonamides is 1. The number of anilines is 1. The van der Waals surface area contributed by atoms with E-state index >= 15 is 0 Å². The summed E-state index contributed by atoms with van der Waals surface area (Å²) < 4.78 is 32.5. The van der Waals surface area contributed by atoms with Crippen LogP contribution in [0.3, 0.4) is 0 Å². The van der Waals surface area contributed by atoms with Crippen LogP contribution >= 0.6 is 0 Å². The summed E-state index contributed by atoms with van der Waals surface area (Å²) in [6, 6.07) is 7.69.